The lowest BCUT2D eigenvalue weighted by atomic mass is 10.0. The summed E-state index contributed by atoms with van der Waals surface area (Å²) < 4.78 is 0. The zero-order valence-corrected chi connectivity index (χ0v) is 57.5. The molecule has 1 aromatic rings. The molecule has 14 atom stereocenters. The van der Waals surface area contributed by atoms with Gasteiger partial charge in [0.05, 0.1) is 38.1 Å². The van der Waals surface area contributed by atoms with E-state index in [0.29, 0.717) is 38.5 Å². The van der Waals surface area contributed by atoms with Gasteiger partial charge in [-0.15, -0.1) is 0 Å². The highest BCUT2D eigenvalue weighted by Crippen LogP contribution is 2.20. The second kappa shape index (κ2) is 46.6. The van der Waals surface area contributed by atoms with Gasteiger partial charge < -0.3 is 134 Å². The van der Waals surface area contributed by atoms with Crippen LogP contribution in [0, 0.1) is 0 Å². The normalized spacial score (nSPS) is 16.4. The Labute approximate surface area is 587 Å². The van der Waals surface area contributed by atoms with Crippen molar-refractivity contribution in [2.45, 2.75) is 215 Å². The van der Waals surface area contributed by atoms with Crippen molar-refractivity contribution >= 4 is 94.7 Å². The average Bonchev–Trinajstić information content (AvgIpc) is 1.58. The number of primary amides is 1. The van der Waals surface area contributed by atoms with E-state index in [0.717, 1.165) is 11.8 Å². The first-order chi connectivity index (χ1) is 48.2. The molecule has 0 bridgehead atoms. The fraction of sp³-hybridized carbons (Fsp3) is 0.683. The number of rotatable bonds is 50. The summed E-state index contributed by atoms with van der Waals surface area (Å²) in [6, 6.07) is -20.3. The van der Waals surface area contributed by atoms with Crippen LogP contribution in [-0.2, 0) is 78.3 Å². The van der Waals surface area contributed by atoms with E-state index >= 15 is 0 Å². The molecule has 1 aliphatic rings. The van der Waals surface area contributed by atoms with Crippen LogP contribution in [0.4, 0.5) is 0 Å². The van der Waals surface area contributed by atoms with Gasteiger partial charge in [0.2, 0.25) is 76.8 Å². The van der Waals surface area contributed by atoms with E-state index in [1.807, 2.05) is 0 Å². The number of guanidine groups is 1. The van der Waals surface area contributed by atoms with Gasteiger partial charge in [-0.25, -0.2) is 9.78 Å². The van der Waals surface area contributed by atoms with E-state index in [1.54, 1.807) is 0 Å². The number of nitrogens with zero attached hydrogens (tertiary/aromatic N) is 3. The van der Waals surface area contributed by atoms with E-state index in [1.165, 1.54) is 26.4 Å². The molecule has 2 heterocycles. The van der Waals surface area contributed by atoms with Crippen molar-refractivity contribution in [3.63, 3.8) is 0 Å². The monoisotopic (exact) mass is 1450 g/mol. The fourth-order valence-corrected chi connectivity index (χ4v) is 10.3. The minimum absolute atomic E-state index is 0.00104. The molecule has 42 heteroatoms. The maximum Gasteiger partial charge on any atom is 0.326 e. The molecule has 13 amide bonds. The van der Waals surface area contributed by atoms with Crippen LogP contribution in [0.1, 0.15) is 129 Å². The summed E-state index contributed by atoms with van der Waals surface area (Å²) in [7, 11) is 0. The van der Waals surface area contributed by atoms with Crippen molar-refractivity contribution in [2.75, 3.05) is 45.9 Å². The maximum absolute atomic E-state index is 14.3. The van der Waals surface area contributed by atoms with E-state index in [2.05, 4.69) is 73.4 Å². The Morgan fingerprint density at radius 1 is 0.549 bits per heavy atom. The number of aliphatic hydroxyl groups excluding tert-OH is 3. The summed E-state index contributed by atoms with van der Waals surface area (Å²) in [4.78, 5) is 212. The van der Waals surface area contributed by atoms with Crippen molar-refractivity contribution in [1.29, 1.82) is 0 Å². The number of carbonyl (C=O) groups excluding carboxylic acids is 13. The molecule has 0 saturated carbocycles. The highest BCUT2D eigenvalue weighted by molar-refractivity contribution is 6.00. The SMILES string of the molecule is C[C@H](N)C(=O)N[C@@H](CC(=O)O)C(=O)N[C@@H](CO)C(=O)N[C@@H](CCC(N)=O)C(=O)N[C@@H](Cc1cnc[nH]1)C(=O)N[C@@H](CO)C(=O)N[C@H](C(=O)N[C@@H](C)C(=O)N1CCC[C@H]1C(=O)N[C@@H](CCCCN)C(=O)N[C@@H](CCCCN)C(=O)N[C@@H](CCCCN)C(=O)N[C@@H](CCCN=C(N)N)C(=O)O)[C@@H](C)O. The Hall–Kier alpha value is -9.75. The van der Waals surface area contributed by atoms with Gasteiger partial charge in [0.1, 0.15) is 72.5 Å². The van der Waals surface area contributed by atoms with Crippen LogP contribution in [0.15, 0.2) is 17.5 Å². The Kier molecular flexibility index (Phi) is 40.4. The van der Waals surface area contributed by atoms with E-state index < -0.39 is 212 Å². The molecule has 2 rings (SSSR count). The van der Waals surface area contributed by atoms with Gasteiger partial charge >= 0.3 is 11.9 Å². The average molecular weight is 1450 g/mol. The van der Waals surface area contributed by atoms with Crippen LogP contribution in [0.5, 0.6) is 0 Å². The van der Waals surface area contributed by atoms with Gasteiger partial charge in [0.25, 0.3) is 0 Å². The first-order valence-electron chi connectivity index (χ1n) is 33.4. The number of nitrogens with two attached hydrogens (primary N) is 7. The number of aliphatic carboxylic acids is 2. The van der Waals surface area contributed by atoms with Crippen LogP contribution < -0.4 is 98.6 Å². The van der Waals surface area contributed by atoms with Gasteiger partial charge in [0, 0.05) is 37.8 Å². The Balaban J connectivity index is 2.34. The molecule has 1 fully saturated rings. The molecule has 0 aromatic carbocycles. The molecule has 574 valence electrons. The second-order valence-electron chi connectivity index (χ2n) is 24.4. The number of aromatic amines is 1. The summed E-state index contributed by atoms with van der Waals surface area (Å²) in [5.41, 5.74) is 39.0. The highest BCUT2D eigenvalue weighted by atomic mass is 16.4. The van der Waals surface area contributed by atoms with Crippen LogP contribution in [0.2, 0.25) is 0 Å². The molecule has 0 unspecified atom stereocenters. The Bertz CT molecular complexity index is 2990. The summed E-state index contributed by atoms with van der Waals surface area (Å²) in [6.45, 7) is 1.96. The number of aliphatic hydroxyl groups is 3. The number of nitrogens with one attached hydrogen (secondary N) is 12. The number of unbranched alkanes of at least 4 members (excludes halogenated alkanes) is 3. The molecular formula is C60H104N22O20. The number of aromatic nitrogens is 2. The summed E-state index contributed by atoms with van der Waals surface area (Å²) >= 11 is 0. The van der Waals surface area contributed by atoms with Gasteiger partial charge in [-0.05, 0) is 130 Å². The molecule has 42 nitrogen and oxygen atoms in total. The fourth-order valence-electron chi connectivity index (χ4n) is 10.3. The molecule has 0 spiro atoms. The standard InChI is InChI=1S/C60H104N22O20/c1-30(64)47(89)77-40(25-45(87)88)53(95)79-41(27-83)54(96)74-37(17-18-44(65)86)51(93)78-39(24-33-26-68-29-70-33)52(94)80-42(28-84)55(97)81-46(32(3)85)57(99)71-31(2)58(100)82-23-11-16-43(82)56(98)75-36(14-6-9-21-63)49(91)72-34(12-4-7-19-61)48(90)73-35(13-5-8-20-62)50(92)76-38(59(101)102)15-10-22-69-60(66)67/h26,29-32,34-43,46,83-85H,4-25,27-28,61-64H2,1-3H3,(H2,65,86)(H,68,70)(H,71,99)(H,72,91)(H,73,90)(H,74,96)(H,75,98)(H,76,92)(H,77,89)(H,78,93)(H,79,95)(H,80,94)(H,81,97)(H,87,88)(H,101,102)(H4,66,67,69)/t30-,31-,32+,34-,35-,36-,37-,38-,39-,40-,41-,42-,43-,46-/m0/s1. The molecule has 1 aromatic heterocycles. The van der Waals surface area contributed by atoms with E-state index in [9.17, 15) is 97.5 Å². The lowest BCUT2D eigenvalue weighted by molar-refractivity contribution is -0.143. The first kappa shape index (κ1) is 88.3. The Morgan fingerprint density at radius 3 is 1.42 bits per heavy atom. The smallest absolute Gasteiger partial charge is 0.326 e. The van der Waals surface area contributed by atoms with Gasteiger partial charge in [-0.3, -0.25) is 72.1 Å². The van der Waals surface area contributed by atoms with Gasteiger partial charge in [0.15, 0.2) is 5.96 Å². The number of carboxylic acid groups (broad SMARTS) is 2. The zero-order chi connectivity index (χ0) is 76.8. The predicted molar refractivity (Wildman–Crippen MR) is 360 cm³/mol. The van der Waals surface area contributed by atoms with Crippen LogP contribution in [-0.4, -0.2) is 266 Å². The molecule has 31 N–H and O–H groups in total. The highest BCUT2D eigenvalue weighted by Gasteiger charge is 2.41. The topological polar surface area (TPSA) is 716 Å². The first-order valence-corrected chi connectivity index (χ1v) is 33.4. The number of hydrogen-bond acceptors (Lipinski definition) is 24. The van der Waals surface area contributed by atoms with Crippen molar-refractivity contribution in [3.8, 4) is 0 Å². The number of hydrogen-bond donors (Lipinski definition) is 24. The van der Waals surface area contributed by atoms with Crippen molar-refractivity contribution in [3.05, 3.63) is 18.2 Å². The summed E-state index contributed by atoms with van der Waals surface area (Å²) in [5.74, 6) is -16.5. The zero-order valence-electron chi connectivity index (χ0n) is 57.5. The predicted octanol–water partition coefficient (Wildman–Crippen LogP) is -10.7. The van der Waals surface area contributed by atoms with Gasteiger partial charge in [-0.2, -0.15) is 0 Å². The van der Waals surface area contributed by atoms with Crippen molar-refractivity contribution in [1.82, 2.24) is 73.4 Å². The van der Waals surface area contributed by atoms with Gasteiger partial charge in [-0.1, -0.05) is 0 Å². The lowest BCUT2D eigenvalue weighted by Gasteiger charge is -2.30. The molecule has 1 aliphatic heterocycles. The van der Waals surface area contributed by atoms with Crippen LogP contribution >= 0.6 is 0 Å². The molecule has 102 heavy (non-hydrogen) atoms. The number of carboxylic acids is 2. The number of carbonyl (C=O) groups is 15. The number of likely N-dealkylation sites (tertiary alicyclic amines) is 1. The third kappa shape index (κ3) is 31.8. The number of aliphatic imine (C=N–C) groups is 1. The number of H-pyrrole nitrogens is 1. The quantitative estimate of drug-likeness (QED) is 0.0164. The third-order valence-corrected chi connectivity index (χ3v) is 15.9. The lowest BCUT2D eigenvalue weighted by Crippen LogP contribution is -2.62. The summed E-state index contributed by atoms with van der Waals surface area (Å²) in [5, 5.41) is 76.6. The minimum Gasteiger partial charge on any atom is -0.481 e. The third-order valence-electron chi connectivity index (χ3n) is 15.9. The maximum atomic E-state index is 14.3. The number of imidazole rings is 1. The molecule has 1 saturated heterocycles. The minimum atomic E-state index is -1.96. The van der Waals surface area contributed by atoms with E-state index in [-0.39, 0.29) is 89.3 Å². The molecule has 0 radical (unpaired) electrons. The summed E-state index contributed by atoms with van der Waals surface area (Å²) in [6.07, 6.45) is 0.903. The molecular weight excluding hydrogens is 1350 g/mol. The molecule has 0 aliphatic carbocycles. The largest absolute Gasteiger partial charge is 0.481 e. The number of amides is 13. The Morgan fingerprint density at radius 2 is 0.980 bits per heavy atom. The second-order valence-corrected chi connectivity index (χ2v) is 24.4. The van der Waals surface area contributed by atoms with E-state index in [4.69, 9.17) is 40.1 Å². The van der Waals surface area contributed by atoms with Crippen molar-refractivity contribution in [2.24, 2.45) is 45.1 Å². The van der Waals surface area contributed by atoms with Crippen LogP contribution in [0.3, 0.4) is 0 Å². The van der Waals surface area contributed by atoms with Crippen LogP contribution in [0.25, 0.3) is 0 Å². The van der Waals surface area contributed by atoms with Crippen molar-refractivity contribution < 1.29 is 97.5 Å².